The molecule has 0 aliphatic carbocycles. The Morgan fingerprint density at radius 1 is 1.14 bits per heavy atom. The number of aromatic nitrogens is 3. The maximum atomic E-state index is 13.1. The molecule has 8 heteroatoms. The Bertz CT molecular complexity index is 1160. The van der Waals surface area contributed by atoms with Crippen LogP contribution in [0.3, 0.4) is 0 Å². The van der Waals surface area contributed by atoms with Crippen LogP contribution >= 0.6 is 11.6 Å². The van der Waals surface area contributed by atoms with Crippen LogP contribution in [0, 0.1) is 0 Å². The van der Waals surface area contributed by atoms with Crippen molar-refractivity contribution in [3.05, 3.63) is 81.0 Å². The van der Waals surface area contributed by atoms with Crippen molar-refractivity contribution in [1.82, 2.24) is 14.3 Å². The Hall–Kier alpha value is -3.45. The fourth-order valence-corrected chi connectivity index (χ4v) is 2.94. The Balaban J connectivity index is 2.20. The molecule has 0 spiro atoms. The molecule has 28 heavy (non-hydrogen) atoms. The topological polar surface area (TPSA) is 94.2 Å². The Morgan fingerprint density at radius 2 is 1.82 bits per heavy atom. The van der Waals surface area contributed by atoms with Crippen LogP contribution in [0.5, 0.6) is 0 Å². The SMILES string of the molecule is Cn1ncc(-c2cn(C)c(=O)cc2C=CC(=O)O)c1C(=O)c1ccc(Cl)cc1. The van der Waals surface area contributed by atoms with Gasteiger partial charge < -0.3 is 9.67 Å². The van der Waals surface area contributed by atoms with Crippen molar-refractivity contribution in [3.63, 3.8) is 0 Å². The second-order valence-electron chi connectivity index (χ2n) is 6.13. The smallest absolute Gasteiger partial charge is 0.328 e. The molecule has 0 aliphatic rings. The van der Waals surface area contributed by atoms with Gasteiger partial charge in [-0.05, 0) is 35.9 Å². The van der Waals surface area contributed by atoms with Crippen molar-refractivity contribution in [2.24, 2.45) is 14.1 Å². The van der Waals surface area contributed by atoms with Gasteiger partial charge in [0.1, 0.15) is 5.69 Å². The summed E-state index contributed by atoms with van der Waals surface area (Å²) in [5.41, 5.74) is 1.83. The van der Waals surface area contributed by atoms with E-state index < -0.39 is 5.97 Å². The van der Waals surface area contributed by atoms with Gasteiger partial charge in [0, 0.05) is 54.1 Å². The van der Waals surface area contributed by atoms with Crippen LogP contribution < -0.4 is 5.56 Å². The molecule has 7 nitrogen and oxygen atoms in total. The van der Waals surface area contributed by atoms with Crippen molar-refractivity contribution in [2.45, 2.75) is 0 Å². The first-order valence-corrected chi connectivity index (χ1v) is 8.60. The lowest BCUT2D eigenvalue weighted by atomic mass is 9.98. The van der Waals surface area contributed by atoms with Crippen molar-refractivity contribution in [2.75, 3.05) is 0 Å². The van der Waals surface area contributed by atoms with Gasteiger partial charge in [-0.2, -0.15) is 5.10 Å². The number of carbonyl (C=O) groups is 2. The van der Waals surface area contributed by atoms with E-state index >= 15 is 0 Å². The molecule has 0 fully saturated rings. The minimum absolute atomic E-state index is 0.270. The average Bonchev–Trinajstić information content (AvgIpc) is 3.03. The predicted molar refractivity (Wildman–Crippen MR) is 105 cm³/mol. The van der Waals surface area contributed by atoms with E-state index in [4.69, 9.17) is 16.7 Å². The number of carboxylic acid groups (broad SMARTS) is 1. The molecule has 142 valence electrons. The Kier molecular flexibility index (Phi) is 5.28. The number of carboxylic acids is 1. The highest BCUT2D eigenvalue weighted by Crippen LogP contribution is 2.28. The molecule has 2 heterocycles. The molecular weight excluding hydrogens is 382 g/mol. The molecule has 0 aliphatic heterocycles. The normalized spacial score (nSPS) is 11.1. The molecule has 0 saturated heterocycles. The molecule has 1 N–H and O–H groups in total. The van der Waals surface area contributed by atoms with Crippen molar-refractivity contribution < 1.29 is 14.7 Å². The summed E-state index contributed by atoms with van der Waals surface area (Å²) in [6.07, 6.45) is 5.33. The molecule has 0 radical (unpaired) electrons. The van der Waals surface area contributed by atoms with Gasteiger partial charge in [0.15, 0.2) is 0 Å². The van der Waals surface area contributed by atoms with Crippen molar-refractivity contribution >= 4 is 29.4 Å². The number of hydrogen-bond donors (Lipinski definition) is 1. The van der Waals surface area contributed by atoms with E-state index in [1.807, 2.05) is 0 Å². The van der Waals surface area contributed by atoms with Crippen LogP contribution in [0.2, 0.25) is 5.02 Å². The third-order valence-electron chi connectivity index (χ3n) is 4.22. The third kappa shape index (κ3) is 3.79. The fourth-order valence-electron chi connectivity index (χ4n) is 2.81. The Labute approximate surface area is 165 Å². The number of pyridine rings is 1. The van der Waals surface area contributed by atoms with E-state index in [1.54, 1.807) is 44.6 Å². The molecule has 0 unspecified atom stereocenters. The number of rotatable bonds is 5. The molecule has 0 atom stereocenters. The molecule has 0 saturated carbocycles. The van der Waals surface area contributed by atoms with Gasteiger partial charge >= 0.3 is 5.97 Å². The number of halogens is 1. The number of aliphatic carboxylic acids is 1. The highest BCUT2D eigenvalue weighted by atomic mass is 35.5. The second kappa shape index (κ2) is 7.66. The van der Waals surface area contributed by atoms with Gasteiger partial charge in [0.05, 0.1) is 6.20 Å². The maximum Gasteiger partial charge on any atom is 0.328 e. The monoisotopic (exact) mass is 397 g/mol. The predicted octanol–water partition coefficient (Wildman–Crippen LogP) is 2.77. The Morgan fingerprint density at radius 3 is 2.46 bits per heavy atom. The molecule has 0 bridgehead atoms. The van der Waals surface area contributed by atoms with Crippen LogP contribution in [0.25, 0.3) is 17.2 Å². The number of ketones is 1. The summed E-state index contributed by atoms with van der Waals surface area (Å²) in [5.74, 6) is -1.41. The van der Waals surface area contributed by atoms with Crippen LogP contribution in [0.15, 0.2) is 53.6 Å². The molecule has 1 aromatic carbocycles. The van der Waals surface area contributed by atoms with Crippen LogP contribution in [0.4, 0.5) is 0 Å². The van der Waals surface area contributed by atoms with E-state index in [9.17, 15) is 14.4 Å². The number of carbonyl (C=O) groups excluding carboxylic acids is 1. The van der Waals surface area contributed by atoms with Gasteiger partial charge in [0.25, 0.3) is 5.56 Å². The summed E-state index contributed by atoms with van der Waals surface area (Å²) in [6.45, 7) is 0. The summed E-state index contributed by atoms with van der Waals surface area (Å²) in [7, 11) is 3.22. The lowest BCUT2D eigenvalue weighted by Crippen LogP contribution is -2.16. The summed E-state index contributed by atoms with van der Waals surface area (Å²) in [5, 5.41) is 13.6. The standard InChI is InChI=1S/C20H16ClN3O4/c1-23-11-16(13(9-17(23)25)5-8-18(26)27)15-10-22-24(2)19(15)20(28)12-3-6-14(21)7-4-12/h3-11H,1-2H3,(H,26,27). The molecule has 2 aromatic heterocycles. The summed E-state index contributed by atoms with van der Waals surface area (Å²) < 4.78 is 2.80. The summed E-state index contributed by atoms with van der Waals surface area (Å²) in [4.78, 5) is 36.0. The first kappa shape index (κ1) is 19.3. The molecule has 3 aromatic rings. The lowest BCUT2D eigenvalue weighted by Gasteiger charge is -2.10. The van der Waals surface area contributed by atoms with E-state index in [0.29, 0.717) is 33.0 Å². The first-order chi connectivity index (χ1) is 13.3. The number of nitrogens with zero attached hydrogens (tertiary/aromatic N) is 3. The van der Waals surface area contributed by atoms with Gasteiger partial charge in [-0.25, -0.2) is 4.79 Å². The van der Waals surface area contributed by atoms with Gasteiger partial charge in [-0.1, -0.05) is 11.6 Å². The van der Waals surface area contributed by atoms with E-state index in [-0.39, 0.29) is 11.3 Å². The number of benzene rings is 1. The number of hydrogen-bond acceptors (Lipinski definition) is 4. The van der Waals surface area contributed by atoms with Crippen molar-refractivity contribution in [3.8, 4) is 11.1 Å². The van der Waals surface area contributed by atoms with E-state index in [1.165, 1.54) is 27.6 Å². The quantitative estimate of drug-likeness (QED) is 0.527. The van der Waals surface area contributed by atoms with Crippen LogP contribution in [0.1, 0.15) is 21.6 Å². The summed E-state index contributed by atoms with van der Waals surface area (Å²) >= 11 is 5.90. The maximum absolute atomic E-state index is 13.1. The molecule has 0 amide bonds. The zero-order valence-electron chi connectivity index (χ0n) is 15.1. The largest absolute Gasteiger partial charge is 0.478 e. The van der Waals surface area contributed by atoms with E-state index in [0.717, 1.165) is 6.08 Å². The molecular formula is C20H16ClN3O4. The number of aryl methyl sites for hydroxylation is 2. The highest BCUT2D eigenvalue weighted by molar-refractivity contribution is 6.30. The van der Waals surface area contributed by atoms with Gasteiger partial charge in [0.2, 0.25) is 5.78 Å². The third-order valence-corrected chi connectivity index (χ3v) is 4.47. The minimum atomic E-state index is -1.14. The average molecular weight is 398 g/mol. The second-order valence-corrected chi connectivity index (χ2v) is 6.57. The van der Waals surface area contributed by atoms with Gasteiger partial charge in [-0.15, -0.1) is 0 Å². The van der Waals surface area contributed by atoms with E-state index in [2.05, 4.69) is 5.10 Å². The minimum Gasteiger partial charge on any atom is -0.478 e. The summed E-state index contributed by atoms with van der Waals surface area (Å²) in [6, 6.07) is 7.80. The van der Waals surface area contributed by atoms with Gasteiger partial charge in [-0.3, -0.25) is 14.3 Å². The zero-order valence-corrected chi connectivity index (χ0v) is 15.8. The van der Waals surface area contributed by atoms with Crippen LogP contribution in [-0.2, 0) is 18.9 Å². The zero-order chi connectivity index (χ0) is 20.4. The van der Waals surface area contributed by atoms with Crippen LogP contribution in [-0.4, -0.2) is 31.2 Å². The lowest BCUT2D eigenvalue weighted by molar-refractivity contribution is -0.131. The van der Waals surface area contributed by atoms with Crippen molar-refractivity contribution in [1.29, 1.82) is 0 Å². The first-order valence-electron chi connectivity index (χ1n) is 8.22. The molecule has 3 rings (SSSR count). The highest BCUT2D eigenvalue weighted by Gasteiger charge is 2.21. The fraction of sp³-hybridized carbons (Fsp3) is 0.100.